The predicted molar refractivity (Wildman–Crippen MR) is 93.3 cm³/mol. The molecule has 4 rings (SSSR count). The Balaban J connectivity index is 1.90. The van der Waals surface area contributed by atoms with Gasteiger partial charge in [-0.05, 0) is 24.3 Å². The van der Waals surface area contributed by atoms with E-state index in [1.165, 1.54) is 12.3 Å². The summed E-state index contributed by atoms with van der Waals surface area (Å²) in [6.07, 6.45) is 1.27. The zero-order chi connectivity index (χ0) is 18.3. The van der Waals surface area contributed by atoms with E-state index in [1.807, 2.05) is 0 Å². The summed E-state index contributed by atoms with van der Waals surface area (Å²) in [4.78, 5) is 13.3. The first-order valence-electron chi connectivity index (χ1n) is 7.85. The van der Waals surface area contributed by atoms with E-state index in [9.17, 15) is 13.2 Å². The van der Waals surface area contributed by atoms with Crippen LogP contribution in [0.25, 0.3) is 0 Å². The quantitative estimate of drug-likeness (QED) is 0.748. The second kappa shape index (κ2) is 6.06. The molecule has 0 saturated carbocycles. The fourth-order valence-electron chi connectivity index (χ4n) is 2.92. The Morgan fingerprint density at radius 3 is 2.58 bits per heavy atom. The fraction of sp³-hybridized carbons (Fsp3) is 0.167. The van der Waals surface area contributed by atoms with Crippen LogP contribution in [0.5, 0.6) is 11.5 Å². The molecular weight excluding hydrogens is 358 g/mol. The smallest absolute Gasteiger partial charge is 0.351 e. The third kappa shape index (κ3) is 2.50. The fourth-order valence-corrected chi connectivity index (χ4v) is 4.40. The van der Waals surface area contributed by atoms with Crippen molar-refractivity contribution in [1.29, 1.82) is 0 Å². The van der Waals surface area contributed by atoms with E-state index in [2.05, 4.69) is 4.74 Å². The lowest BCUT2D eigenvalue weighted by atomic mass is 10.2. The van der Waals surface area contributed by atoms with Gasteiger partial charge in [0.25, 0.3) is 0 Å². The van der Waals surface area contributed by atoms with Crippen molar-refractivity contribution in [3.63, 3.8) is 0 Å². The van der Waals surface area contributed by atoms with Gasteiger partial charge >= 0.3 is 5.97 Å². The Bertz CT molecular complexity index is 1030. The molecule has 8 heteroatoms. The van der Waals surface area contributed by atoms with Gasteiger partial charge in [-0.1, -0.05) is 12.1 Å². The first kappa shape index (κ1) is 16.5. The summed E-state index contributed by atoms with van der Waals surface area (Å²) >= 11 is 0. The van der Waals surface area contributed by atoms with Crippen LogP contribution in [0.1, 0.15) is 0 Å². The van der Waals surface area contributed by atoms with Crippen LogP contribution in [0.3, 0.4) is 0 Å². The topological polar surface area (TPSA) is 82.1 Å². The summed E-state index contributed by atoms with van der Waals surface area (Å²) < 4.78 is 41.3. The highest BCUT2D eigenvalue weighted by atomic mass is 32.2. The summed E-state index contributed by atoms with van der Waals surface area (Å²) in [6.45, 7) is 0.911. The minimum absolute atomic E-state index is 0.0396. The number of nitrogens with zero attached hydrogens (tertiary/aromatic N) is 1. The highest BCUT2D eigenvalue weighted by Crippen LogP contribution is 2.42. The maximum atomic E-state index is 12.8. The standard InChI is InChI=1S/C18H15NO6S/c1-23-18(20)17-11-19(13-4-2-3-5-16(13)26(17,21)22)12-6-7-14-15(10-12)25-9-8-24-14/h2-7,10-11H,8-9H2,1H3. The van der Waals surface area contributed by atoms with Gasteiger partial charge in [0.05, 0.1) is 17.7 Å². The summed E-state index contributed by atoms with van der Waals surface area (Å²) in [5.74, 6) is 0.268. The molecule has 2 heterocycles. The van der Waals surface area contributed by atoms with Crippen LogP contribution in [0.2, 0.25) is 0 Å². The maximum Gasteiger partial charge on any atom is 0.351 e. The van der Waals surface area contributed by atoms with Crippen molar-refractivity contribution in [2.24, 2.45) is 0 Å². The molecule has 0 aliphatic carbocycles. The lowest BCUT2D eigenvalue weighted by Crippen LogP contribution is -2.26. The molecule has 2 aromatic carbocycles. The summed E-state index contributed by atoms with van der Waals surface area (Å²) in [7, 11) is -2.82. The van der Waals surface area contributed by atoms with Crippen LogP contribution < -0.4 is 14.4 Å². The SMILES string of the molecule is COC(=O)C1=CN(c2ccc3c(c2)OCCO3)c2ccccc2S1(=O)=O. The first-order valence-corrected chi connectivity index (χ1v) is 9.34. The van der Waals surface area contributed by atoms with Crippen molar-refractivity contribution in [3.8, 4) is 11.5 Å². The number of rotatable bonds is 2. The van der Waals surface area contributed by atoms with Gasteiger partial charge in [-0.2, -0.15) is 0 Å². The molecule has 7 nitrogen and oxygen atoms in total. The molecule has 0 atom stereocenters. The van der Waals surface area contributed by atoms with Crippen LogP contribution in [-0.4, -0.2) is 34.7 Å². The average Bonchev–Trinajstić information content (AvgIpc) is 2.67. The number of fused-ring (bicyclic) bond motifs is 2. The van der Waals surface area contributed by atoms with Gasteiger partial charge in [0.15, 0.2) is 16.4 Å². The van der Waals surface area contributed by atoms with Gasteiger partial charge in [-0.15, -0.1) is 0 Å². The van der Waals surface area contributed by atoms with Crippen LogP contribution >= 0.6 is 0 Å². The molecule has 0 saturated heterocycles. The minimum atomic E-state index is -3.96. The Kier molecular flexibility index (Phi) is 3.84. The monoisotopic (exact) mass is 373 g/mol. The third-order valence-corrected chi connectivity index (χ3v) is 5.92. The summed E-state index contributed by atoms with van der Waals surface area (Å²) in [5, 5.41) is 0. The van der Waals surface area contributed by atoms with Crippen LogP contribution in [0.4, 0.5) is 11.4 Å². The Morgan fingerprint density at radius 1 is 1.08 bits per heavy atom. The van der Waals surface area contributed by atoms with Gasteiger partial charge in [0.2, 0.25) is 9.84 Å². The number of anilines is 2. The zero-order valence-corrected chi connectivity index (χ0v) is 14.7. The Labute approximate surface area is 150 Å². The normalized spacial score (nSPS) is 17.1. The van der Waals surface area contributed by atoms with Gasteiger partial charge in [0, 0.05) is 18.0 Å². The average molecular weight is 373 g/mol. The van der Waals surface area contributed by atoms with Crippen LogP contribution in [-0.2, 0) is 19.4 Å². The van der Waals surface area contributed by atoms with E-state index in [0.29, 0.717) is 36.1 Å². The molecule has 2 aliphatic rings. The second-order valence-corrected chi connectivity index (χ2v) is 7.54. The van der Waals surface area contributed by atoms with Crippen molar-refractivity contribution >= 4 is 27.2 Å². The highest BCUT2D eigenvalue weighted by Gasteiger charge is 2.36. The van der Waals surface area contributed by atoms with Gasteiger partial charge < -0.3 is 19.1 Å². The van der Waals surface area contributed by atoms with Crippen molar-refractivity contribution in [2.75, 3.05) is 25.2 Å². The Morgan fingerprint density at radius 2 is 1.81 bits per heavy atom. The molecule has 0 radical (unpaired) electrons. The number of esters is 1. The molecule has 2 aliphatic heterocycles. The van der Waals surface area contributed by atoms with Crippen molar-refractivity contribution < 1.29 is 27.4 Å². The number of benzene rings is 2. The maximum absolute atomic E-state index is 12.8. The molecule has 134 valence electrons. The van der Waals surface area contributed by atoms with E-state index < -0.39 is 20.7 Å². The van der Waals surface area contributed by atoms with E-state index in [1.54, 1.807) is 41.3 Å². The summed E-state index contributed by atoms with van der Waals surface area (Å²) in [6, 6.07) is 11.7. The molecule has 0 N–H and O–H groups in total. The van der Waals surface area contributed by atoms with Gasteiger partial charge in [-0.3, -0.25) is 0 Å². The largest absolute Gasteiger partial charge is 0.486 e. The number of carbonyl (C=O) groups excluding carboxylic acids is 1. The number of ether oxygens (including phenoxy) is 3. The molecule has 0 fully saturated rings. The lowest BCUT2D eigenvalue weighted by Gasteiger charge is -2.29. The molecule has 0 unspecified atom stereocenters. The molecule has 26 heavy (non-hydrogen) atoms. The molecule has 2 aromatic rings. The zero-order valence-electron chi connectivity index (χ0n) is 13.8. The first-order chi connectivity index (χ1) is 12.5. The lowest BCUT2D eigenvalue weighted by molar-refractivity contribution is -0.135. The number of carbonyl (C=O) groups is 1. The van der Waals surface area contributed by atoms with Gasteiger partial charge in [-0.25, -0.2) is 13.2 Å². The minimum Gasteiger partial charge on any atom is -0.486 e. The summed E-state index contributed by atoms with van der Waals surface area (Å²) in [5.41, 5.74) is 1.08. The highest BCUT2D eigenvalue weighted by molar-refractivity contribution is 7.96. The molecular formula is C18H15NO6S. The number of sulfone groups is 1. The van der Waals surface area contributed by atoms with Gasteiger partial charge in [0.1, 0.15) is 13.2 Å². The van der Waals surface area contributed by atoms with Crippen molar-refractivity contribution in [2.45, 2.75) is 4.90 Å². The van der Waals surface area contributed by atoms with Crippen LogP contribution in [0.15, 0.2) is 58.5 Å². The molecule has 0 amide bonds. The van der Waals surface area contributed by atoms with E-state index in [4.69, 9.17) is 9.47 Å². The Hall–Kier alpha value is -3.00. The van der Waals surface area contributed by atoms with E-state index in [0.717, 1.165) is 7.11 Å². The second-order valence-electron chi connectivity index (χ2n) is 5.65. The third-order valence-electron chi connectivity index (χ3n) is 4.14. The number of hydrogen-bond donors (Lipinski definition) is 0. The van der Waals surface area contributed by atoms with E-state index in [-0.39, 0.29) is 4.90 Å². The van der Waals surface area contributed by atoms with Crippen molar-refractivity contribution in [3.05, 3.63) is 53.6 Å². The number of methoxy groups -OCH3 is 1. The van der Waals surface area contributed by atoms with E-state index >= 15 is 0 Å². The number of para-hydroxylation sites is 1. The molecule has 0 aromatic heterocycles. The van der Waals surface area contributed by atoms with Crippen molar-refractivity contribution in [1.82, 2.24) is 0 Å². The molecule has 0 bridgehead atoms. The predicted octanol–water partition coefficient (Wildman–Crippen LogP) is 2.40. The van der Waals surface area contributed by atoms with Crippen LogP contribution in [0, 0.1) is 0 Å². The number of hydrogen-bond acceptors (Lipinski definition) is 7. The molecule has 0 spiro atoms.